The Morgan fingerprint density at radius 3 is 1.85 bits per heavy atom. The Morgan fingerprint density at radius 1 is 1.05 bits per heavy atom. The van der Waals surface area contributed by atoms with Crippen molar-refractivity contribution in [2.45, 2.75) is 17.4 Å². The second-order valence-corrected chi connectivity index (χ2v) is 8.36. The van der Waals surface area contributed by atoms with Crippen molar-refractivity contribution < 1.29 is 55.8 Å². The Labute approximate surface area is 142 Å². The summed E-state index contributed by atoms with van der Waals surface area (Å²) in [4.78, 5) is -0.231. The summed E-state index contributed by atoms with van der Waals surface area (Å²) in [6, 6.07) is 6.37. The van der Waals surface area contributed by atoms with E-state index in [9.17, 15) is 13.0 Å². The van der Waals surface area contributed by atoms with E-state index in [1.807, 2.05) is 0 Å². The number of benzene rings is 1. The van der Waals surface area contributed by atoms with Crippen LogP contribution in [0.15, 0.2) is 29.2 Å². The molecule has 0 saturated heterocycles. The van der Waals surface area contributed by atoms with Crippen LogP contribution in [0.4, 0.5) is 0 Å². The van der Waals surface area contributed by atoms with Gasteiger partial charge < -0.3 is 17.8 Å². The van der Waals surface area contributed by atoms with Gasteiger partial charge >= 0.3 is 38.4 Å². The molecule has 0 aromatic heterocycles. The molecular formula is C11H17NaO6SSi. The molecule has 20 heavy (non-hydrogen) atoms. The molecule has 6 nitrogen and oxygen atoms in total. The van der Waals surface area contributed by atoms with Crippen molar-refractivity contribution >= 4 is 18.9 Å². The van der Waals surface area contributed by atoms with Gasteiger partial charge in [0.1, 0.15) is 10.1 Å². The molecule has 0 radical (unpaired) electrons. The Bertz CT molecular complexity index is 492. The first-order valence-electron chi connectivity index (χ1n) is 5.57. The van der Waals surface area contributed by atoms with Crippen LogP contribution >= 0.6 is 0 Å². The third-order valence-electron chi connectivity index (χ3n) is 2.86. The molecule has 1 aromatic rings. The Hall–Kier alpha value is 0.227. The van der Waals surface area contributed by atoms with E-state index in [4.69, 9.17) is 13.3 Å². The van der Waals surface area contributed by atoms with Crippen LogP contribution in [0.2, 0.25) is 6.04 Å². The van der Waals surface area contributed by atoms with Gasteiger partial charge in [-0.05, 0) is 24.1 Å². The first kappa shape index (κ1) is 20.2. The van der Waals surface area contributed by atoms with Gasteiger partial charge in [-0.3, -0.25) is 0 Å². The van der Waals surface area contributed by atoms with Crippen molar-refractivity contribution in [3.8, 4) is 0 Å². The van der Waals surface area contributed by atoms with Gasteiger partial charge in [-0.1, -0.05) is 12.1 Å². The smallest absolute Gasteiger partial charge is 0.744 e. The van der Waals surface area contributed by atoms with Gasteiger partial charge in [0.05, 0.1) is 4.90 Å². The van der Waals surface area contributed by atoms with Crippen LogP contribution in [0.3, 0.4) is 0 Å². The molecular weight excluding hydrogens is 311 g/mol. The summed E-state index contributed by atoms with van der Waals surface area (Å²) in [6.45, 7) is 0. The molecule has 1 aromatic carbocycles. The zero-order valence-corrected chi connectivity index (χ0v) is 15.9. The predicted octanol–water partition coefficient (Wildman–Crippen LogP) is -1.98. The SMILES string of the molecule is CO[Si](CCc1ccc(S(=O)(=O)[O-])cc1)(OC)OC.[Na+]. The molecule has 0 heterocycles. The van der Waals surface area contributed by atoms with Gasteiger partial charge in [-0.2, -0.15) is 0 Å². The molecule has 0 fully saturated rings. The average molecular weight is 328 g/mol. The summed E-state index contributed by atoms with van der Waals surface area (Å²) in [5, 5.41) is 0. The predicted molar refractivity (Wildman–Crippen MR) is 69.7 cm³/mol. The van der Waals surface area contributed by atoms with Crippen LogP contribution in [0.1, 0.15) is 5.56 Å². The van der Waals surface area contributed by atoms with E-state index in [0.29, 0.717) is 12.5 Å². The van der Waals surface area contributed by atoms with Crippen molar-refractivity contribution in [1.82, 2.24) is 0 Å². The molecule has 0 spiro atoms. The quantitative estimate of drug-likeness (QED) is 0.426. The summed E-state index contributed by atoms with van der Waals surface area (Å²) >= 11 is 0. The van der Waals surface area contributed by atoms with Crippen LogP contribution in [0.25, 0.3) is 0 Å². The Balaban J connectivity index is 0.00000361. The summed E-state index contributed by atoms with van der Waals surface area (Å²) in [5.74, 6) is 0. The van der Waals surface area contributed by atoms with E-state index in [-0.39, 0.29) is 34.5 Å². The maximum atomic E-state index is 10.8. The normalized spacial score (nSPS) is 12.0. The second kappa shape index (κ2) is 8.62. The zero-order valence-electron chi connectivity index (χ0n) is 12.1. The third-order valence-corrected chi connectivity index (χ3v) is 6.44. The number of aryl methyl sites for hydroxylation is 1. The molecule has 108 valence electrons. The van der Waals surface area contributed by atoms with E-state index in [1.165, 1.54) is 33.5 Å². The molecule has 0 aliphatic rings. The van der Waals surface area contributed by atoms with E-state index in [2.05, 4.69) is 0 Å². The fraction of sp³-hybridized carbons (Fsp3) is 0.455. The number of hydrogen-bond acceptors (Lipinski definition) is 6. The number of hydrogen-bond donors (Lipinski definition) is 0. The van der Waals surface area contributed by atoms with Crippen LogP contribution in [-0.4, -0.2) is 43.1 Å². The van der Waals surface area contributed by atoms with Crippen LogP contribution < -0.4 is 29.6 Å². The molecule has 0 amide bonds. The van der Waals surface area contributed by atoms with Gasteiger partial charge in [-0.25, -0.2) is 8.42 Å². The van der Waals surface area contributed by atoms with Crippen molar-refractivity contribution in [2.24, 2.45) is 0 Å². The van der Waals surface area contributed by atoms with Crippen LogP contribution in [0, 0.1) is 0 Å². The van der Waals surface area contributed by atoms with E-state index >= 15 is 0 Å². The van der Waals surface area contributed by atoms with Gasteiger partial charge in [0.15, 0.2) is 0 Å². The molecule has 0 bridgehead atoms. The standard InChI is InChI=1S/C11H18O6SSi.Na/c1-15-19(16-2,17-3)9-8-10-4-6-11(7-5-10)18(12,13)14;/h4-7H,8-9H2,1-3H3,(H,12,13,14);/q;+1/p-1. The van der Waals surface area contributed by atoms with E-state index in [0.717, 1.165) is 5.56 Å². The van der Waals surface area contributed by atoms with Gasteiger partial charge in [0.2, 0.25) is 0 Å². The van der Waals surface area contributed by atoms with Crippen molar-refractivity contribution in [3.05, 3.63) is 29.8 Å². The molecule has 0 atom stereocenters. The zero-order chi connectivity index (χ0) is 14.5. The molecule has 9 heteroatoms. The average Bonchev–Trinajstić information content (AvgIpc) is 2.40. The largest absolute Gasteiger partial charge is 1.00 e. The van der Waals surface area contributed by atoms with Crippen LogP contribution in [0.5, 0.6) is 0 Å². The summed E-state index contributed by atoms with van der Waals surface area (Å²) < 4.78 is 48.2. The fourth-order valence-corrected chi connectivity index (χ4v) is 3.85. The molecule has 0 aliphatic carbocycles. The first-order chi connectivity index (χ1) is 8.87. The molecule has 0 unspecified atom stereocenters. The fourth-order valence-electron chi connectivity index (χ4n) is 1.68. The summed E-state index contributed by atoms with van der Waals surface area (Å²) in [7, 11) is -2.42. The van der Waals surface area contributed by atoms with Crippen molar-refractivity contribution in [2.75, 3.05) is 21.3 Å². The molecule has 0 N–H and O–H groups in total. The molecule has 0 aliphatic heterocycles. The van der Waals surface area contributed by atoms with Gasteiger partial charge in [-0.15, -0.1) is 0 Å². The first-order valence-corrected chi connectivity index (χ1v) is 8.91. The summed E-state index contributed by atoms with van der Waals surface area (Å²) in [6.07, 6.45) is 0.612. The third kappa shape index (κ3) is 5.55. The van der Waals surface area contributed by atoms with Crippen LogP contribution in [-0.2, 0) is 29.8 Å². The van der Waals surface area contributed by atoms with Gasteiger partial charge in [0.25, 0.3) is 0 Å². The summed E-state index contributed by atoms with van der Waals surface area (Å²) in [5.41, 5.74) is 0.885. The van der Waals surface area contributed by atoms with Crippen molar-refractivity contribution in [1.29, 1.82) is 0 Å². The second-order valence-electron chi connectivity index (χ2n) is 3.89. The Morgan fingerprint density at radius 2 is 1.50 bits per heavy atom. The number of rotatable bonds is 7. The van der Waals surface area contributed by atoms with Gasteiger partial charge in [0, 0.05) is 27.4 Å². The van der Waals surface area contributed by atoms with E-state index < -0.39 is 18.9 Å². The Kier molecular flexibility index (Phi) is 8.71. The minimum Gasteiger partial charge on any atom is -0.744 e. The maximum absolute atomic E-state index is 10.8. The minimum absolute atomic E-state index is 0. The maximum Gasteiger partial charge on any atom is 1.00 e. The molecule has 1 rings (SSSR count). The molecule has 0 saturated carbocycles. The monoisotopic (exact) mass is 328 g/mol. The minimum atomic E-state index is -4.39. The van der Waals surface area contributed by atoms with E-state index in [1.54, 1.807) is 12.1 Å². The topological polar surface area (TPSA) is 84.9 Å². The van der Waals surface area contributed by atoms with Crippen molar-refractivity contribution in [3.63, 3.8) is 0 Å².